The van der Waals surface area contributed by atoms with Crippen LogP contribution in [0.1, 0.15) is 11.1 Å². The molecular formula is C14H11O2. The monoisotopic (exact) mass is 211 g/mol. The lowest BCUT2D eigenvalue weighted by molar-refractivity contribution is 0.354. The van der Waals surface area contributed by atoms with Gasteiger partial charge in [-0.1, -0.05) is 36.4 Å². The second-order valence-electron chi connectivity index (χ2n) is 4.06. The van der Waals surface area contributed by atoms with Gasteiger partial charge in [0.25, 0.3) is 0 Å². The summed E-state index contributed by atoms with van der Waals surface area (Å²) in [6.45, 7) is 0. The van der Waals surface area contributed by atoms with E-state index >= 15 is 0 Å². The Hall–Kier alpha value is -1.96. The second-order valence-corrected chi connectivity index (χ2v) is 4.06. The molecule has 0 saturated heterocycles. The van der Waals surface area contributed by atoms with E-state index in [0.29, 0.717) is 23.6 Å². The van der Waals surface area contributed by atoms with Crippen molar-refractivity contribution in [2.24, 2.45) is 0 Å². The fourth-order valence-corrected chi connectivity index (χ4v) is 2.33. The molecule has 2 aromatic carbocycles. The molecular weight excluding hydrogens is 200 g/mol. The molecule has 1 aliphatic carbocycles. The second kappa shape index (κ2) is 3.27. The fourth-order valence-electron chi connectivity index (χ4n) is 2.33. The molecule has 0 spiro atoms. The van der Waals surface area contributed by atoms with Crippen molar-refractivity contribution in [3.63, 3.8) is 0 Å². The van der Waals surface area contributed by atoms with E-state index in [9.17, 15) is 10.2 Å². The molecule has 0 aliphatic heterocycles. The van der Waals surface area contributed by atoms with Gasteiger partial charge in [-0.15, -0.1) is 0 Å². The third-order valence-electron chi connectivity index (χ3n) is 3.16. The van der Waals surface area contributed by atoms with Gasteiger partial charge in [-0.25, -0.2) is 0 Å². The molecule has 0 amide bonds. The number of hydrogen-bond acceptors (Lipinski definition) is 1. The topological polar surface area (TPSA) is 40.1 Å². The SMILES string of the molecule is [O]c1c2c(c(O)c3ccccc13)CC=CC2. The Morgan fingerprint density at radius 3 is 2.31 bits per heavy atom. The molecule has 0 unspecified atom stereocenters. The summed E-state index contributed by atoms with van der Waals surface area (Å²) >= 11 is 0. The first kappa shape index (κ1) is 9.28. The predicted octanol–water partition coefficient (Wildman–Crippen LogP) is 3.34. The van der Waals surface area contributed by atoms with Gasteiger partial charge in [-0.3, -0.25) is 5.11 Å². The van der Waals surface area contributed by atoms with Gasteiger partial charge in [0.05, 0.1) is 0 Å². The van der Waals surface area contributed by atoms with Crippen LogP contribution in [-0.2, 0) is 17.9 Å². The van der Waals surface area contributed by atoms with Gasteiger partial charge in [0.1, 0.15) is 5.75 Å². The molecule has 16 heavy (non-hydrogen) atoms. The van der Waals surface area contributed by atoms with E-state index in [1.807, 2.05) is 24.3 Å². The number of benzene rings is 2. The summed E-state index contributed by atoms with van der Waals surface area (Å²) in [5, 5.41) is 23.6. The maximum atomic E-state index is 12.2. The minimum atomic E-state index is 0.0627. The van der Waals surface area contributed by atoms with Crippen molar-refractivity contribution in [2.45, 2.75) is 12.8 Å². The summed E-state index contributed by atoms with van der Waals surface area (Å²) in [6.07, 6.45) is 5.27. The van der Waals surface area contributed by atoms with E-state index in [2.05, 4.69) is 0 Å². The summed E-state index contributed by atoms with van der Waals surface area (Å²) in [5.74, 6) is 0.335. The highest BCUT2D eigenvalue weighted by molar-refractivity contribution is 5.95. The van der Waals surface area contributed by atoms with E-state index < -0.39 is 0 Å². The highest BCUT2D eigenvalue weighted by Crippen LogP contribution is 2.41. The molecule has 0 atom stereocenters. The first-order valence-corrected chi connectivity index (χ1v) is 5.36. The molecule has 0 heterocycles. The van der Waals surface area contributed by atoms with Crippen molar-refractivity contribution < 1.29 is 10.2 Å². The summed E-state index contributed by atoms with van der Waals surface area (Å²) in [4.78, 5) is 0. The van der Waals surface area contributed by atoms with Gasteiger partial charge in [0.2, 0.25) is 0 Å². The van der Waals surface area contributed by atoms with Gasteiger partial charge in [0.15, 0.2) is 5.75 Å². The van der Waals surface area contributed by atoms with Crippen molar-refractivity contribution in [2.75, 3.05) is 0 Å². The number of aromatic hydroxyl groups is 1. The van der Waals surface area contributed by atoms with E-state index in [1.54, 1.807) is 12.1 Å². The highest BCUT2D eigenvalue weighted by Gasteiger charge is 2.19. The molecule has 0 fully saturated rings. The minimum Gasteiger partial charge on any atom is -0.507 e. The van der Waals surface area contributed by atoms with Crippen LogP contribution in [0.15, 0.2) is 36.4 Å². The van der Waals surface area contributed by atoms with Crippen LogP contribution in [0.25, 0.3) is 10.8 Å². The molecule has 1 N–H and O–H groups in total. The van der Waals surface area contributed by atoms with Crippen molar-refractivity contribution in [3.05, 3.63) is 47.5 Å². The molecule has 2 heteroatoms. The number of rotatable bonds is 0. The lowest BCUT2D eigenvalue weighted by Crippen LogP contribution is -1.99. The lowest BCUT2D eigenvalue weighted by Gasteiger charge is -2.15. The van der Waals surface area contributed by atoms with Gasteiger partial charge >= 0.3 is 0 Å². The third-order valence-corrected chi connectivity index (χ3v) is 3.16. The lowest BCUT2D eigenvalue weighted by atomic mass is 9.91. The molecule has 3 rings (SSSR count). The van der Waals surface area contributed by atoms with Crippen LogP contribution >= 0.6 is 0 Å². The first-order valence-electron chi connectivity index (χ1n) is 5.36. The summed E-state index contributed by atoms with van der Waals surface area (Å²) in [6, 6.07) is 7.24. The molecule has 1 radical (unpaired) electrons. The summed E-state index contributed by atoms with van der Waals surface area (Å²) < 4.78 is 0. The highest BCUT2D eigenvalue weighted by atomic mass is 16.3. The van der Waals surface area contributed by atoms with Gasteiger partial charge in [-0.05, 0) is 12.8 Å². The normalized spacial score (nSPS) is 14.0. The van der Waals surface area contributed by atoms with E-state index in [-0.39, 0.29) is 11.5 Å². The van der Waals surface area contributed by atoms with Crippen LogP contribution in [0.2, 0.25) is 0 Å². The van der Waals surface area contributed by atoms with Gasteiger partial charge in [-0.2, -0.15) is 0 Å². The van der Waals surface area contributed by atoms with Crippen LogP contribution in [0, 0.1) is 0 Å². The largest absolute Gasteiger partial charge is 0.507 e. The Kier molecular flexibility index (Phi) is 1.90. The maximum Gasteiger partial charge on any atom is 0.190 e. The Morgan fingerprint density at radius 1 is 0.938 bits per heavy atom. The van der Waals surface area contributed by atoms with Crippen LogP contribution < -0.4 is 0 Å². The average molecular weight is 211 g/mol. The van der Waals surface area contributed by atoms with Gasteiger partial charge in [0, 0.05) is 21.9 Å². The Labute approximate surface area is 93.5 Å². The standard InChI is InChI=1S/C14H11O2/c15-13-9-5-1-2-6-10(9)14(16)12-8-4-3-7-11(12)13/h1-6,15H,7-8H2. The van der Waals surface area contributed by atoms with Crippen LogP contribution in [0.4, 0.5) is 0 Å². The minimum absolute atomic E-state index is 0.0627. The van der Waals surface area contributed by atoms with E-state index in [1.165, 1.54) is 0 Å². The number of hydrogen-bond donors (Lipinski definition) is 1. The van der Waals surface area contributed by atoms with Gasteiger partial charge < -0.3 is 5.11 Å². The summed E-state index contributed by atoms with van der Waals surface area (Å²) in [7, 11) is 0. The molecule has 1 aliphatic rings. The van der Waals surface area contributed by atoms with Crippen LogP contribution in [-0.4, -0.2) is 5.11 Å². The quantitative estimate of drug-likeness (QED) is 0.667. The number of phenolic OH excluding ortho intramolecular Hbond substituents is 1. The molecule has 0 saturated carbocycles. The van der Waals surface area contributed by atoms with Crippen molar-refractivity contribution in [1.82, 2.24) is 0 Å². The molecule has 0 aromatic heterocycles. The maximum absolute atomic E-state index is 12.2. The molecule has 2 nitrogen and oxygen atoms in total. The van der Waals surface area contributed by atoms with E-state index in [0.717, 1.165) is 11.1 Å². The zero-order chi connectivity index (χ0) is 11.1. The van der Waals surface area contributed by atoms with Crippen LogP contribution in [0.5, 0.6) is 11.5 Å². The molecule has 79 valence electrons. The number of fused-ring (bicyclic) bond motifs is 2. The zero-order valence-electron chi connectivity index (χ0n) is 8.73. The Morgan fingerprint density at radius 2 is 1.56 bits per heavy atom. The Bertz CT molecular complexity index is 545. The fraction of sp³-hybridized carbons (Fsp3) is 0.143. The zero-order valence-corrected chi connectivity index (χ0v) is 8.73. The average Bonchev–Trinajstić information content (AvgIpc) is 2.36. The van der Waals surface area contributed by atoms with Crippen molar-refractivity contribution >= 4 is 10.8 Å². The Balaban J connectivity index is 2.46. The molecule has 0 bridgehead atoms. The van der Waals surface area contributed by atoms with E-state index in [4.69, 9.17) is 0 Å². The summed E-state index contributed by atoms with van der Waals surface area (Å²) in [5.41, 5.74) is 1.55. The molecule has 2 aromatic rings. The van der Waals surface area contributed by atoms with Crippen LogP contribution in [0.3, 0.4) is 0 Å². The smallest absolute Gasteiger partial charge is 0.190 e. The number of allylic oxidation sites excluding steroid dienone is 2. The van der Waals surface area contributed by atoms with Crippen molar-refractivity contribution in [3.8, 4) is 11.5 Å². The van der Waals surface area contributed by atoms with Crippen molar-refractivity contribution in [1.29, 1.82) is 0 Å². The number of phenols is 1. The third kappa shape index (κ3) is 1.13. The first-order chi connectivity index (χ1) is 7.79. The predicted molar refractivity (Wildman–Crippen MR) is 62.3 cm³/mol.